The molecule has 6 heteroatoms. The number of nitriles is 1. The topological polar surface area (TPSA) is 75.0 Å². The third kappa shape index (κ3) is 3.97. The fraction of sp³-hybridized carbons (Fsp3) is 0.0556. The number of hydrogen-bond acceptors (Lipinski definition) is 5. The number of carbonyl (C=O) groups excluding carboxylic acids is 1. The maximum absolute atomic E-state index is 12.1. The average Bonchev–Trinajstić information content (AvgIpc) is 3.14. The molecule has 0 atom stereocenters. The van der Waals surface area contributed by atoms with Gasteiger partial charge in [0.15, 0.2) is 0 Å². The van der Waals surface area contributed by atoms with Crippen LogP contribution in [0.2, 0.25) is 0 Å². The molecule has 0 radical (unpaired) electrons. The molecule has 0 aliphatic rings. The quantitative estimate of drug-likeness (QED) is 0.771. The Hall–Kier alpha value is -3.17. The van der Waals surface area contributed by atoms with Crippen LogP contribution in [0.1, 0.15) is 21.5 Å². The van der Waals surface area contributed by atoms with Crippen LogP contribution in [0.3, 0.4) is 0 Å². The van der Waals surface area contributed by atoms with Gasteiger partial charge in [-0.25, -0.2) is 4.98 Å². The molecule has 0 aliphatic carbocycles. The summed E-state index contributed by atoms with van der Waals surface area (Å²) in [7, 11) is 0. The molecule has 3 rings (SSSR count). The lowest BCUT2D eigenvalue weighted by Crippen LogP contribution is -2.22. The van der Waals surface area contributed by atoms with Gasteiger partial charge in [0.2, 0.25) is 0 Å². The highest BCUT2D eigenvalue weighted by atomic mass is 32.1. The first kappa shape index (κ1) is 15.7. The zero-order chi connectivity index (χ0) is 16.8. The largest absolute Gasteiger partial charge is 0.431 e. The van der Waals surface area contributed by atoms with Crippen molar-refractivity contribution in [1.29, 1.82) is 5.26 Å². The number of hydrogen-bond donors (Lipinski definition) is 1. The van der Waals surface area contributed by atoms with E-state index in [1.807, 2.05) is 35.7 Å². The SMILES string of the molecule is N#Cc1ccc(C(=O)NCc2ccc(Oc3nccs3)cc2)cc1. The van der Waals surface area contributed by atoms with Gasteiger partial charge < -0.3 is 10.1 Å². The maximum atomic E-state index is 12.1. The van der Waals surface area contributed by atoms with Crippen molar-refractivity contribution in [2.45, 2.75) is 6.54 Å². The van der Waals surface area contributed by atoms with Crippen molar-refractivity contribution in [1.82, 2.24) is 10.3 Å². The van der Waals surface area contributed by atoms with Crippen LogP contribution in [-0.2, 0) is 6.54 Å². The van der Waals surface area contributed by atoms with Crippen molar-refractivity contribution in [3.63, 3.8) is 0 Å². The number of nitrogens with one attached hydrogen (secondary N) is 1. The molecule has 0 bridgehead atoms. The molecule has 1 N–H and O–H groups in total. The summed E-state index contributed by atoms with van der Waals surface area (Å²) >= 11 is 1.43. The summed E-state index contributed by atoms with van der Waals surface area (Å²) in [5.41, 5.74) is 2.02. The molecule has 1 heterocycles. The summed E-state index contributed by atoms with van der Waals surface area (Å²) in [6.07, 6.45) is 1.69. The Morgan fingerprint density at radius 1 is 1.17 bits per heavy atom. The van der Waals surface area contributed by atoms with Crippen LogP contribution in [-0.4, -0.2) is 10.9 Å². The summed E-state index contributed by atoms with van der Waals surface area (Å²) in [4.78, 5) is 16.1. The molecule has 0 fully saturated rings. The van der Waals surface area contributed by atoms with Crippen LogP contribution in [0.25, 0.3) is 0 Å². The van der Waals surface area contributed by atoms with Crippen LogP contribution in [0.4, 0.5) is 0 Å². The molecule has 0 spiro atoms. The molecule has 5 nitrogen and oxygen atoms in total. The van der Waals surface area contributed by atoms with Gasteiger partial charge in [-0.1, -0.05) is 23.5 Å². The number of benzene rings is 2. The second-order valence-electron chi connectivity index (χ2n) is 4.92. The molecule has 2 aromatic carbocycles. The number of nitrogens with zero attached hydrogens (tertiary/aromatic N) is 2. The second-order valence-corrected chi connectivity index (χ2v) is 5.77. The Kier molecular flexibility index (Phi) is 4.84. The fourth-order valence-corrected chi connectivity index (χ4v) is 2.52. The Morgan fingerprint density at radius 2 is 1.92 bits per heavy atom. The Morgan fingerprint density at radius 3 is 2.54 bits per heavy atom. The van der Waals surface area contributed by atoms with Gasteiger partial charge in [0, 0.05) is 23.7 Å². The van der Waals surface area contributed by atoms with Crippen LogP contribution in [0.15, 0.2) is 60.1 Å². The zero-order valence-corrected chi connectivity index (χ0v) is 13.4. The molecular formula is C18H13N3O2S. The molecule has 24 heavy (non-hydrogen) atoms. The van der Waals surface area contributed by atoms with E-state index in [0.29, 0.717) is 28.6 Å². The smallest absolute Gasteiger partial charge is 0.278 e. The van der Waals surface area contributed by atoms with Gasteiger partial charge in [0.1, 0.15) is 5.75 Å². The standard InChI is InChI=1S/C18H13N3O2S/c19-11-13-1-5-15(6-2-13)17(22)21-12-14-3-7-16(8-4-14)23-18-20-9-10-24-18/h1-10H,12H2,(H,21,22). The van der Waals surface area contributed by atoms with Crippen molar-refractivity contribution in [2.75, 3.05) is 0 Å². The van der Waals surface area contributed by atoms with Gasteiger partial charge >= 0.3 is 0 Å². The number of amides is 1. The highest BCUT2D eigenvalue weighted by Gasteiger charge is 2.05. The minimum Gasteiger partial charge on any atom is -0.431 e. The Bertz CT molecular complexity index is 851. The van der Waals surface area contributed by atoms with Gasteiger partial charge in [-0.2, -0.15) is 5.26 Å². The minimum atomic E-state index is -0.178. The number of aromatic nitrogens is 1. The van der Waals surface area contributed by atoms with Gasteiger partial charge in [-0.3, -0.25) is 4.79 Å². The number of carbonyl (C=O) groups is 1. The molecule has 0 saturated heterocycles. The van der Waals surface area contributed by atoms with E-state index in [2.05, 4.69) is 10.3 Å². The summed E-state index contributed by atoms with van der Waals surface area (Å²) in [6, 6.07) is 16.0. The Balaban J connectivity index is 1.56. The minimum absolute atomic E-state index is 0.178. The van der Waals surface area contributed by atoms with E-state index >= 15 is 0 Å². The first-order valence-electron chi connectivity index (χ1n) is 7.19. The number of thiazole rings is 1. The molecule has 1 aromatic heterocycles. The molecule has 118 valence electrons. The second kappa shape index (κ2) is 7.40. The van der Waals surface area contributed by atoms with Crippen molar-refractivity contribution in [3.8, 4) is 17.0 Å². The Labute approximate surface area is 143 Å². The fourth-order valence-electron chi connectivity index (χ4n) is 2.02. The lowest BCUT2D eigenvalue weighted by atomic mass is 10.1. The van der Waals surface area contributed by atoms with E-state index in [-0.39, 0.29) is 5.91 Å². The zero-order valence-electron chi connectivity index (χ0n) is 12.6. The third-order valence-electron chi connectivity index (χ3n) is 3.27. The van der Waals surface area contributed by atoms with E-state index in [0.717, 1.165) is 5.56 Å². The van der Waals surface area contributed by atoms with E-state index in [4.69, 9.17) is 10.00 Å². The predicted molar refractivity (Wildman–Crippen MR) is 91.0 cm³/mol. The first-order valence-corrected chi connectivity index (χ1v) is 8.07. The lowest BCUT2D eigenvalue weighted by molar-refractivity contribution is 0.0951. The van der Waals surface area contributed by atoms with Gasteiger partial charge in [-0.15, -0.1) is 0 Å². The number of ether oxygens (including phenoxy) is 1. The molecule has 0 saturated carbocycles. The van der Waals surface area contributed by atoms with E-state index in [1.54, 1.807) is 30.5 Å². The van der Waals surface area contributed by atoms with Crippen molar-refractivity contribution in [2.24, 2.45) is 0 Å². The van der Waals surface area contributed by atoms with Crippen molar-refractivity contribution < 1.29 is 9.53 Å². The molecule has 3 aromatic rings. The van der Waals surface area contributed by atoms with E-state index in [1.165, 1.54) is 11.3 Å². The monoisotopic (exact) mass is 335 g/mol. The average molecular weight is 335 g/mol. The normalized spacial score (nSPS) is 9.96. The first-order chi connectivity index (χ1) is 11.7. The summed E-state index contributed by atoms with van der Waals surface area (Å²) in [5, 5.41) is 14.0. The maximum Gasteiger partial charge on any atom is 0.278 e. The van der Waals surface area contributed by atoms with Gasteiger partial charge in [-0.05, 0) is 42.0 Å². The van der Waals surface area contributed by atoms with Crippen LogP contribution < -0.4 is 10.1 Å². The summed E-state index contributed by atoms with van der Waals surface area (Å²) in [6.45, 7) is 0.413. The van der Waals surface area contributed by atoms with Crippen LogP contribution in [0.5, 0.6) is 10.9 Å². The summed E-state index contributed by atoms with van der Waals surface area (Å²) < 4.78 is 5.58. The lowest BCUT2D eigenvalue weighted by Gasteiger charge is -2.07. The van der Waals surface area contributed by atoms with E-state index in [9.17, 15) is 4.79 Å². The van der Waals surface area contributed by atoms with Crippen LogP contribution in [0, 0.1) is 11.3 Å². The molecule has 0 aliphatic heterocycles. The molecular weight excluding hydrogens is 322 g/mol. The predicted octanol–water partition coefficient (Wildman–Crippen LogP) is 3.74. The molecule has 0 unspecified atom stereocenters. The van der Waals surface area contributed by atoms with Gasteiger partial charge in [0.25, 0.3) is 11.1 Å². The third-order valence-corrected chi connectivity index (χ3v) is 3.92. The highest BCUT2D eigenvalue weighted by molar-refractivity contribution is 7.11. The van der Waals surface area contributed by atoms with E-state index < -0.39 is 0 Å². The number of rotatable bonds is 5. The van der Waals surface area contributed by atoms with Crippen LogP contribution >= 0.6 is 11.3 Å². The van der Waals surface area contributed by atoms with Crippen molar-refractivity contribution >= 4 is 17.2 Å². The summed E-state index contributed by atoms with van der Waals surface area (Å²) in [5.74, 6) is 0.523. The highest BCUT2D eigenvalue weighted by Crippen LogP contribution is 2.23. The molecule has 1 amide bonds. The van der Waals surface area contributed by atoms with Gasteiger partial charge in [0.05, 0.1) is 11.6 Å². The van der Waals surface area contributed by atoms with Crippen molar-refractivity contribution in [3.05, 3.63) is 76.8 Å².